The normalized spacial score (nSPS) is 13.1. The van der Waals surface area contributed by atoms with Gasteiger partial charge < -0.3 is 10.2 Å². The maximum absolute atomic E-state index is 13.6. The zero-order valence-corrected chi connectivity index (χ0v) is 22.2. The smallest absolute Gasteiger partial charge is 0.244 e. The molecule has 0 aliphatic carbocycles. The molecule has 0 unspecified atom stereocenters. The molecule has 2 aromatic carbocycles. The average Bonchev–Trinajstić information content (AvgIpc) is 2.76. The van der Waals surface area contributed by atoms with Crippen molar-refractivity contribution < 1.29 is 18.0 Å². The highest BCUT2D eigenvalue weighted by atomic mass is 35.5. The van der Waals surface area contributed by atoms with Crippen molar-refractivity contribution in [3.8, 4) is 0 Å². The SMILES string of the molecule is CC[C@@H](C)NC(=O)[C@H](C)N(Cc1cccc(C)c1)C(=O)CN(c1cc(Cl)ccc1C)S(C)(=O)=O. The second kappa shape index (κ2) is 11.7. The Balaban J connectivity index is 2.43. The van der Waals surface area contributed by atoms with Crippen LogP contribution in [0.5, 0.6) is 0 Å². The van der Waals surface area contributed by atoms with Crippen molar-refractivity contribution in [3.63, 3.8) is 0 Å². The van der Waals surface area contributed by atoms with E-state index in [9.17, 15) is 18.0 Å². The van der Waals surface area contributed by atoms with Crippen molar-refractivity contribution in [3.05, 3.63) is 64.2 Å². The van der Waals surface area contributed by atoms with E-state index >= 15 is 0 Å². The Hall–Kier alpha value is -2.58. The molecule has 2 amide bonds. The van der Waals surface area contributed by atoms with Crippen molar-refractivity contribution >= 4 is 39.1 Å². The fraction of sp³-hybridized carbons (Fsp3) is 0.440. The second-order valence-corrected chi connectivity index (χ2v) is 11.0. The fourth-order valence-electron chi connectivity index (χ4n) is 3.50. The lowest BCUT2D eigenvalue weighted by Crippen LogP contribution is -2.52. The standard InChI is InChI=1S/C25H34ClN3O4S/c1-7-19(4)27-25(31)20(5)28(15-21-10-8-9-17(2)13-21)24(30)16-29(34(6,32)33)23-14-22(26)12-11-18(23)3/h8-14,19-20H,7,15-16H2,1-6H3,(H,27,31)/t19-,20+/m1/s1. The number of sulfonamides is 1. The first-order chi connectivity index (χ1) is 15.8. The number of benzene rings is 2. The van der Waals surface area contributed by atoms with Crippen LogP contribution in [-0.4, -0.2) is 50.0 Å². The number of nitrogens with zero attached hydrogens (tertiary/aromatic N) is 2. The lowest BCUT2D eigenvalue weighted by molar-refractivity contribution is -0.139. The predicted molar refractivity (Wildman–Crippen MR) is 137 cm³/mol. The van der Waals surface area contributed by atoms with Gasteiger partial charge in [-0.2, -0.15) is 0 Å². The Morgan fingerprint density at radius 1 is 1.09 bits per heavy atom. The highest BCUT2D eigenvalue weighted by molar-refractivity contribution is 7.92. The van der Waals surface area contributed by atoms with E-state index < -0.39 is 28.5 Å². The topological polar surface area (TPSA) is 86.8 Å². The number of aryl methyl sites for hydroxylation is 2. The summed E-state index contributed by atoms with van der Waals surface area (Å²) in [4.78, 5) is 27.9. The molecule has 2 aromatic rings. The Kier molecular flexibility index (Phi) is 9.53. The minimum absolute atomic E-state index is 0.0486. The summed E-state index contributed by atoms with van der Waals surface area (Å²) in [6, 6.07) is 11.7. The van der Waals surface area contributed by atoms with Crippen LogP contribution in [0.15, 0.2) is 42.5 Å². The molecule has 0 heterocycles. The van der Waals surface area contributed by atoms with E-state index in [2.05, 4.69) is 5.32 Å². The maximum atomic E-state index is 13.6. The first-order valence-corrected chi connectivity index (χ1v) is 13.4. The number of halogens is 1. The van der Waals surface area contributed by atoms with Crippen molar-refractivity contribution in [1.82, 2.24) is 10.2 Å². The van der Waals surface area contributed by atoms with E-state index in [1.807, 2.05) is 45.0 Å². The van der Waals surface area contributed by atoms with Crippen LogP contribution in [0.4, 0.5) is 5.69 Å². The van der Waals surface area contributed by atoms with E-state index in [-0.39, 0.29) is 18.5 Å². The Labute approximate surface area is 208 Å². The maximum Gasteiger partial charge on any atom is 0.244 e. The molecule has 34 heavy (non-hydrogen) atoms. The monoisotopic (exact) mass is 507 g/mol. The third-order valence-corrected chi connectivity index (χ3v) is 7.08. The van der Waals surface area contributed by atoms with Gasteiger partial charge in [0.05, 0.1) is 11.9 Å². The van der Waals surface area contributed by atoms with Gasteiger partial charge in [-0.25, -0.2) is 8.42 Å². The third kappa shape index (κ3) is 7.46. The lowest BCUT2D eigenvalue weighted by Gasteiger charge is -2.32. The van der Waals surface area contributed by atoms with Gasteiger partial charge in [0.15, 0.2) is 0 Å². The van der Waals surface area contributed by atoms with Crippen LogP contribution in [-0.2, 0) is 26.2 Å². The number of nitrogens with one attached hydrogen (secondary N) is 1. The first kappa shape index (κ1) is 27.7. The number of rotatable bonds is 10. The molecule has 0 radical (unpaired) electrons. The van der Waals surface area contributed by atoms with Gasteiger partial charge >= 0.3 is 0 Å². The zero-order valence-electron chi connectivity index (χ0n) is 20.6. The summed E-state index contributed by atoms with van der Waals surface area (Å²) < 4.78 is 26.4. The van der Waals surface area contributed by atoms with Gasteiger partial charge in [0, 0.05) is 17.6 Å². The van der Waals surface area contributed by atoms with Crippen molar-refractivity contribution in [2.24, 2.45) is 0 Å². The molecule has 186 valence electrons. The van der Waals surface area contributed by atoms with Gasteiger partial charge in [0.2, 0.25) is 21.8 Å². The number of amides is 2. The van der Waals surface area contributed by atoms with E-state index in [0.717, 1.165) is 28.1 Å². The molecule has 7 nitrogen and oxygen atoms in total. The molecular weight excluding hydrogens is 474 g/mol. The van der Waals surface area contributed by atoms with Gasteiger partial charge in [0.1, 0.15) is 12.6 Å². The van der Waals surface area contributed by atoms with Crippen LogP contribution in [0.25, 0.3) is 0 Å². The van der Waals surface area contributed by atoms with Crippen LogP contribution >= 0.6 is 11.6 Å². The number of carbonyl (C=O) groups is 2. The fourth-order valence-corrected chi connectivity index (χ4v) is 4.57. The summed E-state index contributed by atoms with van der Waals surface area (Å²) in [5.74, 6) is -0.779. The molecule has 2 rings (SSSR count). The van der Waals surface area contributed by atoms with Crippen LogP contribution in [0, 0.1) is 13.8 Å². The van der Waals surface area contributed by atoms with Crippen LogP contribution in [0.1, 0.15) is 43.9 Å². The Morgan fingerprint density at radius 3 is 2.35 bits per heavy atom. The highest BCUT2D eigenvalue weighted by Gasteiger charge is 2.31. The van der Waals surface area contributed by atoms with Crippen molar-refractivity contribution in [1.29, 1.82) is 0 Å². The Bertz CT molecular complexity index is 1140. The summed E-state index contributed by atoms with van der Waals surface area (Å²) >= 11 is 6.12. The average molecular weight is 508 g/mol. The van der Waals surface area contributed by atoms with E-state index in [0.29, 0.717) is 16.3 Å². The highest BCUT2D eigenvalue weighted by Crippen LogP contribution is 2.26. The molecule has 9 heteroatoms. The third-order valence-electron chi connectivity index (χ3n) is 5.72. The van der Waals surface area contributed by atoms with Gasteiger partial charge in [0.25, 0.3) is 0 Å². The van der Waals surface area contributed by atoms with E-state index in [1.165, 1.54) is 11.0 Å². The summed E-state index contributed by atoms with van der Waals surface area (Å²) in [7, 11) is -3.81. The molecule has 0 spiro atoms. The number of anilines is 1. The van der Waals surface area contributed by atoms with Crippen molar-refractivity contribution in [2.45, 2.75) is 59.7 Å². The predicted octanol–water partition coefficient (Wildman–Crippen LogP) is 4.05. The molecule has 0 saturated heterocycles. The largest absolute Gasteiger partial charge is 0.352 e. The molecule has 0 fully saturated rings. The molecule has 0 aliphatic heterocycles. The molecule has 0 bridgehead atoms. The minimum atomic E-state index is -3.81. The lowest BCUT2D eigenvalue weighted by atomic mass is 10.1. The number of hydrogen-bond acceptors (Lipinski definition) is 4. The first-order valence-electron chi connectivity index (χ1n) is 11.2. The minimum Gasteiger partial charge on any atom is -0.352 e. The van der Waals surface area contributed by atoms with Crippen LogP contribution in [0.3, 0.4) is 0 Å². The van der Waals surface area contributed by atoms with Gasteiger partial charge in [-0.3, -0.25) is 13.9 Å². The van der Waals surface area contributed by atoms with Gasteiger partial charge in [-0.05, 0) is 57.4 Å². The second-order valence-electron chi connectivity index (χ2n) is 8.70. The zero-order chi connectivity index (χ0) is 25.6. The van der Waals surface area contributed by atoms with Crippen LogP contribution in [0.2, 0.25) is 5.02 Å². The summed E-state index contributed by atoms with van der Waals surface area (Å²) in [5.41, 5.74) is 2.86. The summed E-state index contributed by atoms with van der Waals surface area (Å²) in [6.07, 6.45) is 1.80. The molecule has 0 aromatic heterocycles. The van der Waals surface area contributed by atoms with Crippen LogP contribution < -0.4 is 9.62 Å². The Morgan fingerprint density at radius 2 is 1.76 bits per heavy atom. The number of carbonyl (C=O) groups excluding carboxylic acids is 2. The molecule has 1 N–H and O–H groups in total. The van der Waals surface area contributed by atoms with Crippen molar-refractivity contribution in [2.75, 3.05) is 17.1 Å². The molecule has 2 atom stereocenters. The van der Waals surface area contributed by atoms with E-state index in [4.69, 9.17) is 11.6 Å². The summed E-state index contributed by atoms with van der Waals surface area (Å²) in [6.45, 7) is 8.92. The number of hydrogen-bond donors (Lipinski definition) is 1. The summed E-state index contributed by atoms with van der Waals surface area (Å²) in [5, 5.41) is 3.27. The van der Waals surface area contributed by atoms with Gasteiger partial charge in [-0.1, -0.05) is 54.4 Å². The quantitative estimate of drug-likeness (QED) is 0.525. The van der Waals surface area contributed by atoms with Gasteiger partial charge in [-0.15, -0.1) is 0 Å². The molecule has 0 saturated carbocycles. The molecule has 0 aliphatic rings. The van der Waals surface area contributed by atoms with E-state index in [1.54, 1.807) is 26.0 Å². The molecular formula is C25H34ClN3O4S.